The van der Waals surface area contributed by atoms with Crippen molar-refractivity contribution >= 4 is 106 Å². The standard InChI is InChI=1S/C53H33N3S.C46H28N4S/c1-3-12-34(13-4-1)35-22-26-39(27-23-35)47-33-46(38-15-5-2-6-16-38)55-53(56-47)40-28-24-36(25-29-40)41-17-11-18-42(32-41)51-52-50(44-20-9-10-21-48(44)57-52)49-43-19-8-7-14-37(43)30-31-45(49)54-51;1-2-10-35-32(9-1)23-24-39-43(35)44-36-11-3-4-14-42(36)51-46(44)45(50-39)33-21-19-30(20-22-33)29-15-17-31(18-16-29)34-27-40(37-12-5-7-25-47-37)49-41(28-34)38-13-6-8-26-48-38/h1-33H;1-28H. The molecule has 0 aliphatic carbocycles. The van der Waals surface area contributed by atoms with Crippen LogP contribution in [0, 0.1) is 0 Å². The van der Waals surface area contributed by atoms with Crippen molar-refractivity contribution in [2.24, 2.45) is 0 Å². The fraction of sp³-hybridized carbons (Fsp3) is 0. The van der Waals surface area contributed by atoms with Crippen LogP contribution in [0.5, 0.6) is 0 Å². The number of thiophene rings is 2. The van der Waals surface area contributed by atoms with Crippen LogP contribution in [-0.2, 0) is 0 Å². The van der Waals surface area contributed by atoms with E-state index >= 15 is 0 Å². The Morgan fingerprint density at radius 1 is 0.194 bits per heavy atom. The summed E-state index contributed by atoms with van der Waals surface area (Å²) in [7, 11) is 0. The average Bonchev–Trinajstić information content (AvgIpc) is 1.46. The van der Waals surface area contributed by atoms with Gasteiger partial charge in [-0.1, -0.05) is 285 Å². The van der Waals surface area contributed by atoms with Crippen molar-refractivity contribution in [2.45, 2.75) is 0 Å². The normalized spacial score (nSPS) is 11.5. The third-order valence-corrected chi connectivity index (χ3v) is 22.8. The van der Waals surface area contributed by atoms with Gasteiger partial charge in [0.2, 0.25) is 0 Å². The summed E-state index contributed by atoms with van der Waals surface area (Å²) < 4.78 is 4.99. The summed E-state index contributed by atoms with van der Waals surface area (Å²) in [6, 6.07) is 126. The van der Waals surface area contributed by atoms with E-state index in [0.717, 1.165) is 118 Å². The van der Waals surface area contributed by atoms with Crippen LogP contribution < -0.4 is 0 Å². The lowest BCUT2D eigenvalue weighted by Gasteiger charge is -2.12. The summed E-state index contributed by atoms with van der Waals surface area (Å²) >= 11 is 3.66. The van der Waals surface area contributed by atoms with E-state index in [0.29, 0.717) is 5.82 Å². The molecule has 0 unspecified atom stereocenters. The van der Waals surface area contributed by atoms with Crippen molar-refractivity contribution in [1.82, 2.24) is 34.9 Å². The lowest BCUT2D eigenvalue weighted by atomic mass is 9.97. The summed E-state index contributed by atoms with van der Waals surface area (Å²) in [6.45, 7) is 0. The maximum Gasteiger partial charge on any atom is 0.160 e. The minimum Gasteiger partial charge on any atom is -0.255 e. The quantitative estimate of drug-likeness (QED) is 0.119. The maximum absolute atomic E-state index is 5.39. The van der Waals surface area contributed by atoms with Crippen LogP contribution >= 0.6 is 22.7 Å². The van der Waals surface area contributed by atoms with Gasteiger partial charge in [0, 0.05) is 81.9 Å². The predicted octanol–water partition coefficient (Wildman–Crippen LogP) is 26.8. The van der Waals surface area contributed by atoms with Crippen LogP contribution in [-0.4, -0.2) is 34.9 Å². The molecule has 13 aromatic carbocycles. The molecule has 0 radical (unpaired) electrons. The molecule has 0 N–H and O–H groups in total. The highest BCUT2D eigenvalue weighted by molar-refractivity contribution is 7.27. The minimum absolute atomic E-state index is 0.693. The Hall–Kier alpha value is -13.8. The van der Waals surface area contributed by atoms with Gasteiger partial charge in [0.25, 0.3) is 0 Å². The van der Waals surface area contributed by atoms with Gasteiger partial charge in [-0.05, 0) is 139 Å². The van der Waals surface area contributed by atoms with Gasteiger partial charge in [0.1, 0.15) is 0 Å². The van der Waals surface area contributed by atoms with E-state index in [1.165, 1.54) is 83.8 Å². The van der Waals surface area contributed by atoms with Crippen molar-refractivity contribution in [2.75, 3.05) is 0 Å². The van der Waals surface area contributed by atoms with E-state index < -0.39 is 0 Å². The third kappa shape index (κ3) is 11.9. The molecule has 0 spiro atoms. The van der Waals surface area contributed by atoms with Gasteiger partial charge in [0.15, 0.2) is 5.82 Å². The Kier molecular flexibility index (Phi) is 16.2. The van der Waals surface area contributed by atoms with Crippen molar-refractivity contribution < 1.29 is 0 Å². The fourth-order valence-corrected chi connectivity index (χ4v) is 17.6. The first-order valence-electron chi connectivity index (χ1n) is 36.1. The number of fused-ring (bicyclic) bond motifs is 14. The number of nitrogens with zero attached hydrogens (tertiary/aromatic N) is 7. The van der Waals surface area contributed by atoms with Crippen molar-refractivity contribution in [3.63, 3.8) is 0 Å². The zero-order valence-corrected chi connectivity index (χ0v) is 59.8. The van der Waals surface area contributed by atoms with Crippen molar-refractivity contribution in [3.05, 3.63) is 370 Å². The van der Waals surface area contributed by atoms with Gasteiger partial charge in [-0.2, -0.15) is 0 Å². The van der Waals surface area contributed by atoms with Crippen molar-refractivity contribution in [1.29, 1.82) is 0 Å². The Morgan fingerprint density at radius 2 is 0.574 bits per heavy atom. The first-order chi connectivity index (χ1) is 53.5. The Labute approximate surface area is 630 Å². The average molecular weight is 1410 g/mol. The number of pyridine rings is 5. The highest BCUT2D eigenvalue weighted by atomic mass is 32.1. The molecule has 0 atom stereocenters. The molecule has 7 nitrogen and oxygen atoms in total. The lowest BCUT2D eigenvalue weighted by molar-refractivity contribution is 1.18. The third-order valence-electron chi connectivity index (χ3n) is 20.5. The van der Waals surface area contributed by atoms with Gasteiger partial charge in [-0.15, -0.1) is 22.7 Å². The largest absolute Gasteiger partial charge is 0.255 e. The zero-order valence-electron chi connectivity index (χ0n) is 58.2. The number of hydrogen-bond donors (Lipinski definition) is 0. The van der Waals surface area contributed by atoms with Gasteiger partial charge < -0.3 is 0 Å². The predicted molar refractivity (Wildman–Crippen MR) is 453 cm³/mol. The number of hydrogen-bond acceptors (Lipinski definition) is 9. The highest BCUT2D eigenvalue weighted by Gasteiger charge is 2.22. The van der Waals surface area contributed by atoms with Gasteiger partial charge in [0.05, 0.1) is 66.0 Å². The molecule has 21 rings (SSSR count). The van der Waals surface area contributed by atoms with E-state index in [1.54, 1.807) is 12.4 Å². The SMILES string of the molecule is c1ccc(-c2cc(-c3ccc(-c4ccc(-c5nc6ccc7ccccc7c6c6c5sc5ccccc56)cc4)cc3)cc(-c3ccccn3)n2)nc1.c1ccc(-c2ccc(-c3cc(-c4ccccc4)nc(-c4ccc(-c5cccc(-c6nc7ccc8ccccc8c7c7c6sc6ccccc67)c5)cc4)n3)cc2)cc1. The molecule has 0 bridgehead atoms. The van der Waals surface area contributed by atoms with E-state index in [-0.39, 0.29) is 0 Å². The molecular weight excluding hydrogens is 1350 g/mol. The van der Waals surface area contributed by atoms with Crippen LogP contribution in [0.2, 0.25) is 0 Å². The van der Waals surface area contributed by atoms with E-state index in [9.17, 15) is 0 Å². The second kappa shape index (κ2) is 27.3. The Morgan fingerprint density at radius 3 is 1.08 bits per heavy atom. The number of aromatic nitrogens is 7. The molecule has 8 heterocycles. The molecular formula is C99H61N7S2. The van der Waals surface area contributed by atoms with Crippen LogP contribution in [0.3, 0.4) is 0 Å². The van der Waals surface area contributed by atoms with Crippen LogP contribution in [0.25, 0.3) is 207 Å². The van der Waals surface area contributed by atoms with Crippen molar-refractivity contribution in [3.8, 4) is 124 Å². The summed E-state index contributed by atoms with van der Waals surface area (Å²) in [5.74, 6) is 0.693. The molecule has 0 aliphatic heterocycles. The monoisotopic (exact) mass is 1410 g/mol. The Bertz CT molecular complexity index is 6930. The molecule has 0 fully saturated rings. The summed E-state index contributed by atoms with van der Waals surface area (Å²) in [6.07, 6.45) is 3.60. The molecule has 9 heteroatoms. The van der Waals surface area contributed by atoms with Gasteiger partial charge in [-0.25, -0.2) is 24.9 Å². The molecule has 504 valence electrons. The molecule has 8 aromatic heterocycles. The van der Waals surface area contributed by atoms with Crippen LogP contribution in [0.1, 0.15) is 0 Å². The summed E-state index contributed by atoms with van der Waals surface area (Å²) in [5.41, 5.74) is 23.5. The summed E-state index contributed by atoms with van der Waals surface area (Å²) in [4.78, 5) is 35.0. The summed E-state index contributed by atoms with van der Waals surface area (Å²) in [5, 5.41) is 12.5. The number of rotatable bonds is 11. The molecule has 108 heavy (non-hydrogen) atoms. The molecule has 0 saturated carbocycles. The number of benzene rings is 13. The Balaban J connectivity index is 0.000000143. The first kappa shape index (κ1) is 63.8. The van der Waals surface area contributed by atoms with Gasteiger partial charge >= 0.3 is 0 Å². The second-order valence-electron chi connectivity index (χ2n) is 27.0. The topological polar surface area (TPSA) is 90.2 Å². The molecule has 0 aliphatic rings. The molecule has 21 aromatic rings. The second-order valence-corrected chi connectivity index (χ2v) is 29.1. The van der Waals surface area contributed by atoms with E-state index in [2.05, 4.69) is 319 Å². The maximum atomic E-state index is 5.39. The molecule has 0 amide bonds. The lowest BCUT2D eigenvalue weighted by Crippen LogP contribution is -1.96. The first-order valence-corrected chi connectivity index (χ1v) is 37.8. The smallest absolute Gasteiger partial charge is 0.160 e. The molecule has 0 saturated heterocycles. The van der Waals surface area contributed by atoms with Crippen LogP contribution in [0.15, 0.2) is 370 Å². The van der Waals surface area contributed by atoms with E-state index in [1.807, 2.05) is 71.2 Å². The minimum atomic E-state index is 0.693. The van der Waals surface area contributed by atoms with E-state index in [4.69, 9.17) is 24.9 Å². The van der Waals surface area contributed by atoms with Crippen LogP contribution in [0.4, 0.5) is 0 Å². The highest BCUT2D eigenvalue weighted by Crippen LogP contribution is 2.48. The zero-order chi connectivity index (χ0) is 71.4. The fourth-order valence-electron chi connectivity index (χ4n) is 15.2. The van der Waals surface area contributed by atoms with Gasteiger partial charge in [-0.3, -0.25) is 9.97 Å².